The van der Waals surface area contributed by atoms with E-state index in [1.54, 1.807) is 24.3 Å². The molecule has 0 bridgehead atoms. The van der Waals surface area contributed by atoms with Crippen LogP contribution in [0.3, 0.4) is 0 Å². The summed E-state index contributed by atoms with van der Waals surface area (Å²) in [6, 6.07) is 11.4. The van der Waals surface area contributed by atoms with Gasteiger partial charge in [0, 0.05) is 37.3 Å². The third kappa shape index (κ3) is 2.76. The summed E-state index contributed by atoms with van der Waals surface area (Å²) in [4.78, 5) is 18.5. The summed E-state index contributed by atoms with van der Waals surface area (Å²) < 4.78 is 0. The lowest BCUT2D eigenvalue weighted by Gasteiger charge is -2.17. The molecule has 2 aromatic heterocycles. The van der Waals surface area contributed by atoms with Crippen molar-refractivity contribution in [2.45, 2.75) is 6.42 Å². The monoisotopic (exact) mass is 280 g/mol. The highest BCUT2D eigenvalue weighted by Gasteiger charge is 2.15. The quantitative estimate of drug-likeness (QED) is 0.797. The van der Waals surface area contributed by atoms with E-state index in [9.17, 15) is 4.79 Å². The molecule has 1 aromatic carbocycles. The van der Waals surface area contributed by atoms with E-state index in [0.717, 1.165) is 23.0 Å². The van der Waals surface area contributed by atoms with Gasteiger partial charge in [-0.1, -0.05) is 18.2 Å². The molecule has 1 amide bonds. The average molecular weight is 280 g/mol. The van der Waals surface area contributed by atoms with Crippen molar-refractivity contribution in [2.75, 3.05) is 13.6 Å². The van der Waals surface area contributed by atoms with Gasteiger partial charge in [0.2, 0.25) is 0 Å². The molecule has 1 N–H and O–H groups in total. The molecule has 3 rings (SSSR count). The Morgan fingerprint density at radius 1 is 1.24 bits per heavy atom. The second kappa shape index (κ2) is 5.75. The van der Waals surface area contributed by atoms with Crippen molar-refractivity contribution < 1.29 is 4.79 Å². The molecule has 0 aliphatic rings. The fourth-order valence-electron chi connectivity index (χ4n) is 2.28. The number of hydrogen-bond donors (Lipinski definition) is 1. The highest BCUT2D eigenvalue weighted by atomic mass is 16.2. The first-order chi connectivity index (χ1) is 10.3. The van der Waals surface area contributed by atoms with Crippen molar-refractivity contribution in [2.24, 2.45) is 0 Å². The van der Waals surface area contributed by atoms with Crippen molar-refractivity contribution in [3.8, 4) is 0 Å². The van der Waals surface area contributed by atoms with E-state index in [4.69, 9.17) is 0 Å². The predicted octanol–water partition coefficient (Wildman–Crippen LogP) is 2.27. The third-order valence-electron chi connectivity index (χ3n) is 3.48. The Balaban J connectivity index is 1.74. The standard InChI is InChI=1S/C16H16N4O/c1-20(10-8-13-6-2-3-9-17-13)16(21)14-7-4-5-12-11-18-19-15(12)14/h2-7,9,11H,8,10H2,1H3,(H,18,19). The predicted molar refractivity (Wildman–Crippen MR) is 81.0 cm³/mol. The summed E-state index contributed by atoms with van der Waals surface area (Å²) in [6.07, 6.45) is 4.23. The number of para-hydroxylation sites is 1. The van der Waals surface area contributed by atoms with Crippen LogP contribution in [0.2, 0.25) is 0 Å². The van der Waals surface area contributed by atoms with Crippen LogP contribution in [0.15, 0.2) is 48.8 Å². The van der Waals surface area contributed by atoms with E-state index < -0.39 is 0 Å². The first-order valence-corrected chi connectivity index (χ1v) is 6.83. The largest absolute Gasteiger partial charge is 0.341 e. The van der Waals surface area contributed by atoms with Gasteiger partial charge in [-0.15, -0.1) is 0 Å². The molecule has 0 aliphatic carbocycles. The van der Waals surface area contributed by atoms with Crippen LogP contribution >= 0.6 is 0 Å². The van der Waals surface area contributed by atoms with Gasteiger partial charge >= 0.3 is 0 Å². The molecule has 0 unspecified atom stereocenters. The Bertz CT molecular complexity index is 751. The van der Waals surface area contributed by atoms with Gasteiger partial charge in [0.25, 0.3) is 5.91 Å². The Hall–Kier alpha value is -2.69. The number of benzene rings is 1. The topological polar surface area (TPSA) is 61.9 Å². The van der Waals surface area contributed by atoms with Gasteiger partial charge in [-0.05, 0) is 18.2 Å². The Morgan fingerprint density at radius 3 is 2.95 bits per heavy atom. The number of nitrogens with zero attached hydrogens (tertiary/aromatic N) is 3. The average Bonchev–Trinajstić information content (AvgIpc) is 3.01. The summed E-state index contributed by atoms with van der Waals surface area (Å²) in [5.74, 6) is -0.0132. The molecule has 0 saturated heterocycles. The van der Waals surface area contributed by atoms with E-state index in [1.807, 2.05) is 36.4 Å². The van der Waals surface area contributed by atoms with Crippen LogP contribution in [-0.4, -0.2) is 39.6 Å². The van der Waals surface area contributed by atoms with Gasteiger partial charge < -0.3 is 4.90 Å². The van der Waals surface area contributed by atoms with Crippen molar-refractivity contribution >= 4 is 16.8 Å². The van der Waals surface area contributed by atoms with E-state index in [2.05, 4.69) is 15.2 Å². The highest BCUT2D eigenvalue weighted by molar-refractivity contribution is 6.05. The molecule has 21 heavy (non-hydrogen) atoms. The number of carbonyl (C=O) groups is 1. The van der Waals surface area contributed by atoms with Crippen molar-refractivity contribution in [3.05, 3.63) is 60.0 Å². The van der Waals surface area contributed by atoms with Gasteiger partial charge in [-0.25, -0.2) is 0 Å². The van der Waals surface area contributed by atoms with Gasteiger partial charge in [0.05, 0.1) is 17.3 Å². The molecule has 3 aromatic rings. The molecule has 106 valence electrons. The van der Waals surface area contributed by atoms with Crippen LogP contribution in [0.1, 0.15) is 16.1 Å². The van der Waals surface area contributed by atoms with Crippen molar-refractivity contribution in [1.82, 2.24) is 20.1 Å². The number of aromatic nitrogens is 3. The molecular formula is C16H16N4O. The number of hydrogen-bond acceptors (Lipinski definition) is 3. The molecule has 0 radical (unpaired) electrons. The summed E-state index contributed by atoms with van der Waals surface area (Å²) in [5, 5.41) is 7.82. The zero-order valence-corrected chi connectivity index (χ0v) is 11.8. The van der Waals surface area contributed by atoms with Gasteiger partial charge in [-0.3, -0.25) is 14.9 Å². The smallest absolute Gasteiger partial charge is 0.255 e. The van der Waals surface area contributed by atoms with E-state index >= 15 is 0 Å². The number of pyridine rings is 1. The van der Waals surface area contributed by atoms with Crippen LogP contribution in [0.5, 0.6) is 0 Å². The number of likely N-dealkylation sites (N-methyl/N-ethyl adjacent to an activating group) is 1. The van der Waals surface area contributed by atoms with Crippen LogP contribution in [0.4, 0.5) is 0 Å². The van der Waals surface area contributed by atoms with Crippen molar-refractivity contribution in [1.29, 1.82) is 0 Å². The first-order valence-electron chi connectivity index (χ1n) is 6.83. The van der Waals surface area contributed by atoms with Crippen LogP contribution in [0.25, 0.3) is 10.9 Å². The van der Waals surface area contributed by atoms with Gasteiger partial charge in [-0.2, -0.15) is 5.10 Å². The normalized spacial score (nSPS) is 10.7. The molecule has 5 nitrogen and oxygen atoms in total. The molecule has 2 heterocycles. The molecule has 0 saturated carbocycles. The van der Waals surface area contributed by atoms with Crippen LogP contribution in [-0.2, 0) is 6.42 Å². The summed E-state index contributed by atoms with van der Waals surface area (Å²) in [7, 11) is 1.81. The lowest BCUT2D eigenvalue weighted by atomic mass is 10.1. The molecule has 5 heteroatoms. The summed E-state index contributed by atoms with van der Waals surface area (Å²) in [6.45, 7) is 0.625. The minimum absolute atomic E-state index is 0.0132. The SMILES string of the molecule is CN(CCc1ccccn1)C(=O)c1cccc2cn[nH]c12. The summed E-state index contributed by atoms with van der Waals surface area (Å²) >= 11 is 0. The number of amides is 1. The second-order valence-electron chi connectivity index (χ2n) is 4.94. The van der Waals surface area contributed by atoms with Gasteiger partial charge in [0.1, 0.15) is 0 Å². The summed E-state index contributed by atoms with van der Waals surface area (Å²) in [5.41, 5.74) is 2.41. The van der Waals surface area contributed by atoms with Gasteiger partial charge in [0.15, 0.2) is 0 Å². The van der Waals surface area contributed by atoms with E-state index in [-0.39, 0.29) is 5.91 Å². The lowest BCUT2D eigenvalue weighted by molar-refractivity contribution is 0.0798. The minimum atomic E-state index is -0.0132. The zero-order valence-electron chi connectivity index (χ0n) is 11.8. The maximum absolute atomic E-state index is 12.5. The Morgan fingerprint density at radius 2 is 2.14 bits per heavy atom. The Labute approximate surface area is 122 Å². The molecular weight excluding hydrogens is 264 g/mol. The maximum Gasteiger partial charge on any atom is 0.255 e. The number of nitrogens with one attached hydrogen (secondary N) is 1. The van der Waals surface area contributed by atoms with Crippen LogP contribution in [0, 0.1) is 0 Å². The number of H-pyrrole nitrogens is 1. The fourth-order valence-corrected chi connectivity index (χ4v) is 2.28. The number of aromatic amines is 1. The molecule has 0 fully saturated rings. The van der Waals surface area contributed by atoms with E-state index in [0.29, 0.717) is 12.1 Å². The lowest BCUT2D eigenvalue weighted by Crippen LogP contribution is -2.29. The van der Waals surface area contributed by atoms with E-state index in [1.165, 1.54) is 0 Å². The molecule has 0 spiro atoms. The second-order valence-corrected chi connectivity index (χ2v) is 4.94. The molecule has 0 atom stereocenters. The number of carbonyl (C=O) groups excluding carboxylic acids is 1. The number of fused-ring (bicyclic) bond motifs is 1. The van der Waals surface area contributed by atoms with Crippen molar-refractivity contribution in [3.63, 3.8) is 0 Å². The minimum Gasteiger partial charge on any atom is -0.341 e. The number of rotatable bonds is 4. The Kier molecular flexibility index (Phi) is 3.64. The zero-order chi connectivity index (χ0) is 14.7. The first kappa shape index (κ1) is 13.3. The van der Waals surface area contributed by atoms with Crippen LogP contribution < -0.4 is 0 Å². The third-order valence-corrected chi connectivity index (χ3v) is 3.48. The highest BCUT2D eigenvalue weighted by Crippen LogP contribution is 2.17. The molecule has 0 aliphatic heterocycles. The maximum atomic E-state index is 12.5. The fraction of sp³-hybridized carbons (Fsp3) is 0.188.